The number of ether oxygens (including phenoxy) is 2. The summed E-state index contributed by atoms with van der Waals surface area (Å²) >= 11 is 0. The van der Waals surface area contributed by atoms with Gasteiger partial charge >= 0.3 is 5.97 Å². The predicted octanol–water partition coefficient (Wildman–Crippen LogP) is 2.23. The third-order valence-corrected chi connectivity index (χ3v) is 5.25. The van der Waals surface area contributed by atoms with E-state index < -0.39 is 16.0 Å². The Morgan fingerprint density at radius 1 is 1.04 bits per heavy atom. The maximum atomic E-state index is 12.8. The maximum absolute atomic E-state index is 12.8. The number of hydrogen-bond donors (Lipinski definition) is 1. The SMILES string of the molecule is COc1ccc(S(=O)(=O)N(C)c2ccccc2OC)cc1C(=O)O. The summed E-state index contributed by atoms with van der Waals surface area (Å²) in [5.41, 5.74) is 0.111. The maximum Gasteiger partial charge on any atom is 0.339 e. The summed E-state index contributed by atoms with van der Waals surface area (Å²) in [6, 6.07) is 10.3. The molecule has 0 unspecified atom stereocenters. The fourth-order valence-corrected chi connectivity index (χ4v) is 3.42. The zero-order valence-electron chi connectivity index (χ0n) is 13.4. The second kappa shape index (κ2) is 6.79. The molecule has 8 heteroatoms. The van der Waals surface area contributed by atoms with Gasteiger partial charge in [-0.2, -0.15) is 0 Å². The molecule has 0 bridgehead atoms. The highest BCUT2D eigenvalue weighted by Gasteiger charge is 2.25. The molecular formula is C16H17NO6S. The molecule has 2 aromatic rings. The lowest BCUT2D eigenvalue weighted by Crippen LogP contribution is -2.27. The van der Waals surface area contributed by atoms with Crippen molar-refractivity contribution in [2.45, 2.75) is 4.90 Å². The third kappa shape index (κ3) is 3.13. The number of methoxy groups -OCH3 is 2. The number of para-hydroxylation sites is 2. The molecule has 2 aromatic carbocycles. The number of hydrogen-bond acceptors (Lipinski definition) is 5. The van der Waals surface area contributed by atoms with Gasteiger partial charge in [-0.3, -0.25) is 4.31 Å². The zero-order valence-corrected chi connectivity index (χ0v) is 14.2. The Labute approximate surface area is 140 Å². The van der Waals surface area contributed by atoms with E-state index in [9.17, 15) is 18.3 Å². The van der Waals surface area contributed by atoms with E-state index in [1.165, 1.54) is 33.4 Å². The van der Waals surface area contributed by atoms with Crippen LogP contribution < -0.4 is 13.8 Å². The van der Waals surface area contributed by atoms with Gasteiger partial charge in [-0.25, -0.2) is 13.2 Å². The number of rotatable bonds is 6. The van der Waals surface area contributed by atoms with E-state index in [0.717, 1.165) is 10.4 Å². The highest BCUT2D eigenvalue weighted by atomic mass is 32.2. The highest BCUT2D eigenvalue weighted by molar-refractivity contribution is 7.92. The lowest BCUT2D eigenvalue weighted by atomic mass is 10.2. The molecule has 0 radical (unpaired) electrons. The molecule has 0 amide bonds. The molecule has 7 nitrogen and oxygen atoms in total. The van der Waals surface area contributed by atoms with Crippen molar-refractivity contribution in [3.63, 3.8) is 0 Å². The monoisotopic (exact) mass is 351 g/mol. The topological polar surface area (TPSA) is 93.1 Å². The Kier molecular flexibility index (Phi) is 4.99. The molecule has 0 heterocycles. The molecule has 0 spiro atoms. The number of aromatic carboxylic acids is 1. The summed E-state index contributed by atoms with van der Waals surface area (Å²) < 4.78 is 36.8. The van der Waals surface area contributed by atoms with E-state index in [1.54, 1.807) is 24.3 Å². The Balaban J connectivity index is 2.54. The van der Waals surface area contributed by atoms with E-state index in [4.69, 9.17) is 9.47 Å². The van der Waals surface area contributed by atoms with Gasteiger partial charge in [0.15, 0.2) is 0 Å². The molecule has 1 N–H and O–H groups in total. The van der Waals surface area contributed by atoms with Crippen molar-refractivity contribution in [1.29, 1.82) is 0 Å². The molecule has 0 atom stereocenters. The number of sulfonamides is 1. The van der Waals surface area contributed by atoms with Crippen molar-refractivity contribution in [1.82, 2.24) is 0 Å². The van der Waals surface area contributed by atoms with Crippen LogP contribution in [0.5, 0.6) is 11.5 Å². The number of nitrogens with zero attached hydrogens (tertiary/aromatic N) is 1. The minimum Gasteiger partial charge on any atom is -0.496 e. The van der Waals surface area contributed by atoms with Crippen LogP contribution in [0.15, 0.2) is 47.4 Å². The summed E-state index contributed by atoms with van der Waals surface area (Å²) in [5, 5.41) is 9.22. The first-order valence-corrected chi connectivity index (χ1v) is 8.30. The van der Waals surface area contributed by atoms with Gasteiger partial charge in [0, 0.05) is 7.05 Å². The Hall–Kier alpha value is -2.74. The van der Waals surface area contributed by atoms with Gasteiger partial charge in [0.2, 0.25) is 0 Å². The first-order chi connectivity index (χ1) is 11.3. The molecule has 0 fully saturated rings. The normalized spacial score (nSPS) is 11.0. The van der Waals surface area contributed by atoms with Gasteiger partial charge in [0.25, 0.3) is 10.0 Å². The molecular weight excluding hydrogens is 334 g/mol. The van der Waals surface area contributed by atoms with Crippen LogP contribution in [-0.4, -0.2) is 40.8 Å². The van der Waals surface area contributed by atoms with E-state index in [0.29, 0.717) is 11.4 Å². The van der Waals surface area contributed by atoms with Crippen molar-refractivity contribution < 1.29 is 27.8 Å². The Bertz CT molecular complexity index is 863. The van der Waals surface area contributed by atoms with Gasteiger partial charge < -0.3 is 14.6 Å². The third-order valence-electron chi connectivity index (χ3n) is 3.48. The van der Waals surface area contributed by atoms with Crippen molar-refractivity contribution in [2.75, 3.05) is 25.6 Å². The average molecular weight is 351 g/mol. The second-order valence-corrected chi connectivity index (χ2v) is 6.78. The van der Waals surface area contributed by atoms with Crippen molar-refractivity contribution in [3.05, 3.63) is 48.0 Å². The number of anilines is 1. The summed E-state index contributed by atoms with van der Waals surface area (Å²) in [6.45, 7) is 0. The van der Waals surface area contributed by atoms with E-state index >= 15 is 0 Å². The van der Waals surface area contributed by atoms with Crippen molar-refractivity contribution >= 4 is 21.7 Å². The van der Waals surface area contributed by atoms with Crippen LogP contribution in [0.25, 0.3) is 0 Å². The van der Waals surface area contributed by atoms with Crippen molar-refractivity contribution in [3.8, 4) is 11.5 Å². The van der Waals surface area contributed by atoms with Crippen LogP contribution in [-0.2, 0) is 10.0 Å². The first kappa shape index (κ1) is 17.6. The lowest BCUT2D eigenvalue weighted by molar-refractivity contribution is 0.0693. The van der Waals surface area contributed by atoms with Crippen LogP contribution in [0, 0.1) is 0 Å². The van der Waals surface area contributed by atoms with Crippen LogP contribution >= 0.6 is 0 Å². The van der Waals surface area contributed by atoms with Crippen molar-refractivity contribution in [2.24, 2.45) is 0 Å². The molecule has 0 saturated carbocycles. The van der Waals surface area contributed by atoms with Crippen LogP contribution in [0.1, 0.15) is 10.4 Å². The number of carbonyl (C=O) groups is 1. The fourth-order valence-electron chi connectivity index (χ4n) is 2.19. The van der Waals surface area contributed by atoms with Gasteiger partial charge in [0.1, 0.15) is 17.1 Å². The molecule has 0 aliphatic rings. The Morgan fingerprint density at radius 2 is 1.67 bits per heavy atom. The predicted molar refractivity (Wildman–Crippen MR) is 88.5 cm³/mol. The molecule has 0 aliphatic carbocycles. The Morgan fingerprint density at radius 3 is 2.25 bits per heavy atom. The molecule has 0 saturated heterocycles. The standard InChI is InChI=1S/C16H17NO6S/c1-17(13-6-4-5-7-15(13)23-3)24(20,21)11-8-9-14(22-2)12(10-11)16(18)19/h4-10H,1-3H3,(H,18,19). The van der Waals surface area contributed by atoms with Crippen LogP contribution in [0.3, 0.4) is 0 Å². The van der Waals surface area contributed by atoms with Crippen LogP contribution in [0.4, 0.5) is 5.69 Å². The van der Waals surface area contributed by atoms with E-state index in [2.05, 4.69) is 0 Å². The van der Waals surface area contributed by atoms with Gasteiger partial charge in [0.05, 0.1) is 24.8 Å². The summed E-state index contributed by atoms with van der Waals surface area (Å²) in [4.78, 5) is 11.1. The van der Waals surface area contributed by atoms with Gasteiger partial charge in [-0.15, -0.1) is 0 Å². The van der Waals surface area contributed by atoms with E-state index in [1.807, 2.05) is 0 Å². The largest absolute Gasteiger partial charge is 0.496 e. The highest BCUT2D eigenvalue weighted by Crippen LogP contribution is 2.32. The number of benzene rings is 2. The summed E-state index contributed by atoms with van der Waals surface area (Å²) in [7, 11) is 0.158. The molecule has 24 heavy (non-hydrogen) atoms. The average Bonchev–Trinajstić information content (AvgIpc) is 2.60. The quantitative estimate of drug-likeness (QED) is 0.858. The van der Waals surface area contributed by atoms with E-state index in [-0.39, 0.29) is 16.2 Å². The zero-order chi connectivity index (χ0) is 17.9. The molecule has 2 rings (SSSR count). The van der Waals surface area contributed by atoms with Crippen LogP contribution in [0.2, 0.25) is 0 Å². The van der Waals surface area contributed by atoms with Gasteiger partial charge in [-0.1, -0.05) is 12.1 Å². The van der Waals surface area contributed by atoms with Gasteiger partial charge in [-0.05, 0) is 30.3 Å². The number of carboxylic acid groups (broad SMARTS) is 1. The molecule has 0 aliphatic heterocycles. The lowest BCUT2D eigenvalue weighted by Gasteiger charge is -2.22. The molecule has 0 aromatic heterocycles. The minimum absolute atomic E-state index is 0.0846. The number of carboxylic acids is 1. The fraction of sp³-hybridized carbons (Fsp3) is 0.188. The molecule has 128 valence electrons. The summed E-state index contributed by atoms with van der Waals surface area (Å²) in [6.07, 6.45) is 0. The summed E-state index contributed by atoms with van der Waals surface area (Å²) in [5.74, 6) is -0.805. The first-order valence-electron chi connectivity index (χ1n) is 6.86. The smallest absolute Gasteiger partial charge is 0.339 e. The second-order valence-electron chi connectivity index (χ2n) is 4.81. The minimum atomic E-state index is -3.97.